The lowest BCUT2D eigenvalue weighted by atomic mass is 10.2. The molecular weight excluding hydrogens is 362 g/mol. The summed E-state index contributed by atoms with van der Waals surface area (Å²) in [7, 11) is -3.63. The Morgan fingerprint density at radius 3 is 2.31 bits per heavy atom. The summed E-state index contributed by atoms with van der Waals surface area (Å²) in [4.78, 5) is 12.2. The SMILES string of the molecule is CCCCCNS(=O)(=O)c1ccc(C(=O)Nc2ccc(F)c(F)c2)cc1. The van der Waals surface area contributed by atoms with E-state index in [1.165, 1.54) is 30.3 Å². The molecule has 0 aliphatic heterocycles. The van der Waals surface area contributed by atoms with Gasteiger partial charge in [0.15, 0.2) is 11.6 Å². The molecule has 5 nitrogen and oxygen atoms in total. The fraction of sp³-hybridized carbons (Fsp3) is 0.278. The lowest BCUT2D eigenvalue weighted by Crippen LogP contribution is -2.24. The van der Waals surface area contributed by atoms with Crippen molar-refractivity contribution in [3.8, 4) is 0 Å². The number of hydrogen-bond acceptors (Lipinski definition) is 3. The van der Waals surface area contributed by atoms with Crippen molar-refractivity contribution in [1.82, 2.24) is 4.72 Å². The highest BCUT2D eigenvalue weighted by molar-refractivity contribution is 7.89. The summed E-state index contributed by atoms with van der Waals surface area (Å²) < 4.78 is 52.9. The highest BCUT2D eigenvalue weighted by atomic mass is 32.2. The van der Waals surface area contributed by atoms with Gasteiger partial charge in [0.05, 0.1) is 4.90 Å². The van der Waals surface area contributed by atoms with Gasteiger partial charge in [-0.05, 0) is 42.8 Å². The van der Waals surface area contributed by atoms with Crippen LogP contribution in [-0.2, 0) is 10.0 Å². The molecule has 0 saturated heterocycles. The first-order valence-corrected chi connectivity index (χ1v) is 9.68. The molecule has 8 heteroatoms. The van der Waals surface area contributed by atoms with Gasteiger partial charge in [-0.2, -0.15) is 0 Å². The molecule has 0 aliphatic rings. The van der Waals surface area contributed by atoms with Gasteiger partial charge in [0.25, 0.3) is 5.91 Å². The normalized spacial score (nSPS) is 11.3. The van der Waals surface area contributed by atoms with Gasteiger partial charge < -0.3 is 5.32 Å². The van der Waals surface area contributed by atoms with Gasteiger partial charge in [0, 0.05) is 23.9 Å². The number of hydrogen-bond donors (Lipinski definition) is 2. The third-order valence-corrected chi connectivity index (χ3v) is 5.15. The Balaban J connectivity index is 2.03. The van der Waals surface area contributed by atoms with E-state index in [-0.39, 0.29) is 16.1 Å². The van der Waals surface area contributed by atoms with Crippen molar-refractivity contribution in [2.24, 2.45) is 0 Å². The van der Waals surface area contributed by atoms with Crippen LogP contribution >= 0.6 is 0 Å². The molecule has 0 fully saturated rings. The number of carbonyl (C=O) groups is 1. The minimum atomic E-state index is -3.63. The lowest BCUT2D eigenvalue weighted by Gasteiger charge is -2.08. The van der Waals surface area contributed by atoms with Crippen LogP contribution in [0.2, 0.25) is 0 Å². The average molecular weight is 382 g/mol. The summed E-state index contributed by atoms with van der Waals surface area (Å²) in [6.45, 7) is 2.38. The van der Waals surface area contributed by atoms with Crippen LogP contribution in [0.15, 0.2) is 47.4 Å². The van der Waals surface area contributed by atoms with Crippen molar-refractivity contribution in [1.29, 1.82) is 0 Å². The molecule has 2 N–H and O–H groups in total. The molecule has 0 radical (unpaired) electrons. The van der Waals surface area contributed by atoms with Crippen LogP contribution in [0.3, 0.4) is 0 Å². The molecule has 0 atom stereocenters. The fourth-order valence-electron chi connectivity index (χ4n) is 2.23. The van der Waals surface area contributed by atoms with Crippen LogP contribution < -0.4 is 10.0 Å². The molecule has 0 spiro atoms. The van der Waals surface area contributed by atoms with E-state index in [9.17, 15) is 22.0 Å². The quantitative estimate of drug-likeness (QED) is 0.684. The molecule has 0 saturated carbocycles. The van der Waals surface area contributed by atoms with Crippen molar-refractivity contribution in [3.63, 3.8) is 0 Å². The van der Waals surface area contributed by atoms with E-state index in [0.717, 1.165) is 31.4 Å². The largest absolute Gasteiger partial charge is 0.322 e. The Morgan fingerprint density at radius 1 is 1.00 bits per heavy atom. The molecule has 1 amide bonds. The molecule has 2 aromatic carbocycles. The molecule has 0 aliphatic carbocycles. The molecule has 0 aromatic heterocycles. The molecule has 2 aromatic rings. The second-order valence-electron chi connectivity index (χ2n) is 5.71. The Morgan fingerprint density at radius 2 is 1.69 bits per heavy atom. The summed E-state index contributed by atoms with van der Waals surface area (Å²) in [5.41, 5.74) is 0.294. The van der Waals surface area contributed by atoms with Crippen molar-refractivity contribution in [2.75, 3.05) is 11.9 Å². The number of unbranched alkanes of at least 4 members (excludes halogenated alkanes) is 2. The van der Waals surface area contributed by atoms with Crippen molar-refractivity contribution in [2.45, 2.75) is 31.1 Å². The number of anilines is 1. The average Bonchev–Trinajstić information content (AvgIpc) is 2.62. The van der Waals surface area contributed by atoms with E-state index >= 15 is 0 Å². The van der Waals surface area contributed by atoms with E-state index in [2.05, 4.69) is 10.0 Å². The Bertz CT molecular complexity index is 869. The lowest BCUT2D eigenvalue weighted by molar-refractivity contribution is 0.102. The van der Waals surface area contributed by atoms with Gasteiger partial charge in [0.1, 0.15) is 0 Å². The van der Waals surface area contributed by atoms with Gasteiger partial charge in [-0.25, -0.2) is 21.9 Å². The summed E-state index contributed by atoms with van der Waals surface area (Å²) in [5.74, 6) is -2.64. The van der Waals surface area contributed by atoms with Crippen LogP contribution in [0.1, 0.15) is 36.5 Å². The smallest absolute Gasteiger partial charge is 0.255 e. The molecule has 0 unspecified atom stereocenters. The standard InChI is InChI=1S/C18H20F2N2O3S/c1-2-3-4-11-21-26(24,25)15-8-5-13(6-9-15)18(23)22-14-7-10-16(19)17(20)12-14/h5-10,12,21H,2-4,11H2,1H3,(H,22,23). The second kappa shape index (κ2) is 8.86. The molecule has 0 heterocycles. The Labute approximate surface area is 151 Å². The van der Waals surface area contributed by atoms with Gasteiger partial charge in [-0.15, -0.1) is 0 Å². The molecular formula is C18H20F2N2O3S. The summed E-state index contributed by atoms with van der Waals surface area (Å²) >= 11 is 0. The minimum absolute atomic E-state index is 0.0541. The molecule has 0 bridgehead atoms. The summed E-state index contributed by atoms with van der Waals surface area (Å²) in [6.07, 6.45) is 2.68. The van der Waals surface area contributed by atoms with Crippen LogP contribution in [0.4, 0.5) is 14.5 Å². The molecule has 26 heavy (non-hydrogen) atoms. The fourth-order valence-corrected chi connectivity index (χ4v) is 3.30. The maximum Gasteiger partial charge on any atom is 0.255 e. The van der Waals surface area contributed by atoms with E-state index in [0.29, 0.717) is 6.54 Å². The first-order valence-electron chi connectivity index (χ1n) is 8.19. The van der Waals surface area contributed by atoms with Crippen molar-refractivity contribution >= 4 is 21.6 Å². The van der Waals surface area contributed by atoms with E-state index in [1.807, 2.05) is 6.92 Å². The van der Waals surface area contributed by atoms with E-state index in [4.69, 9.17) is 0 Å². The topological polar surface area (TPSA) is 75.3 Å². The van der Waals surface area contributed by atoms with Gasteiger partial charge >= 0.3 is 0 Å². The van der Waals surface area contributed by atoms with Crippen LogP contribution in [0.25, 0.3) is 0 Å². The summed E-state index contributed by atoms with van der Waals surface area (Å²) in [5, 5.41) is 2.42. The van der Waals surface area contributed by atoms with Crippen LogP contribution in [0.5, 0.6) is 0 Å². The first-order chi connectivity index (χ1) is 12.3. The van der Waals surface area contributed by atoms with Crippen molar-refractivity contribution < 1.29 is 22.0 Å². The monoisotopic (exact) mass is 382 g/mol. The predicted octanol–water partition coefficient (Wildman–Crippen LogP) is 3.69. The Kier molecular flexibility index (Phi) is 6.82. The van der Waals surface area contributed by atoms with Gasteiger partial charge in [-0.3, -0.25) is 4.79 Å². The Hall–Kier alpha value is -2.32. The van der Waals surface area contributed by atoms with E-state index in [1.54, 1.807) is 0 Å². The van der Waals surface area contributed by atoms with Gasteiger partial charge in [0.2, 0.25) is 10.0 Å². The van der Waals surface area contributed by atoms with Crippen LogP contribution in [0, 0.1) is 11.6 Å². The number of benzene rings is 2. The number of halogens is 2. The highest BCUT2D eigenvalue weighted by Crippen LogP contribution is 2.16. The maximum atomic E-state index is 13.2. The second-order valence-corrected chi connectivity index (χ2v) is 7.48. The zero-order valence-electron chi connectivity index (χ0n) is 14.3. The third kappa shape index (κ3) is 5.34. The first kappa shape index (κ1) is 20.0. The molecule has 2 rings (SSSR count). The number of sulfonamides is 1. The summed E-state index contributed by atoms with van der Waals surface area (Å²) in [6, 6.07) is 8.36. The zero-order chi connectivity index (χ0) is 19.2. The predicted molar refractivity (Wildman–Crippen MR) is 95.5 cm³/mol. The minimum Gasteiger partial charge on any atom is -0.322 e. The number of rotatable bonds is 8. The highest BCUT2D eigenvalue weighted by Gasteiger charge is 2.15. The number of amides is 1. The van der Waals surface area contributed by atoms with Crippen LogP contribution in [-0.4, -0.2) is 20.9 Å². The zero-order valence-corrected chi connectivity index (χ0v) is 15.1. The number of nitrogens with one attached hydrogen (secondary N) is 2. The third-order valence-electron chi connectivity index (χ3n) is 3.68. The maximum absolute atomic E-state index is 13.2. The molecule has 140 valence electrons. The number of carbonyl (C=O) groups excluding carboxylic acids is 1. The van der Waals surface area contributed by atoms with Crippen molar-refractivity contribution in [3.05, 3.63) is 59.7 Å². The van der Waals surface area contributed by atoms with E-state index < -0.39 is 27.6 Å². The van der Waals surface area contributed by atoms with Gasteiger partial charge in [-0.1, -0.05) is 19.8 Å².